The van der Waals surface area contributed by atoms with Gasteiger partial charge in [-0.15, -0.1) is 0 Å². The Hall–Kier alpha value is -0.980. The molecule has 0 aliphatic heterocycles. The molecular weight excluding hydrogens is 148 g/mol. The zero-order chi connectivity index (χ0) is 8.81. The van der Waals surface area contributed by atoms with Crippen LogP contribution in [0.4, 0.5) is 0 Å². The van der Waals surface area contributed by atoms with Crippen LogP contribution in [-0.4, -0.2) is 0 Å². The Bertz CT molecular complexity index is 245. The molecule has 0 saturated heterocycles. The molecule has 12 heavy (non-hydrogen) atoms. The average Bonchev–Trinajstić information content (AvgIpc) is 2.45. The second-order valence-electron chi connectivity index (χ2n) is 2.97. The highest BCUT2D eigenvalue weighted by atomic mass is 16.3. The van der Waals surface area contributed by atoms with Crippen molar-refractivity contribution >= 4 is 0 Å². The number of unbranched alkanes of at least 4 members (excludes halogenated alkanes) is 1. The van der Waals surface area contributed by atoms with E-state index in [0.717, 1.165) is 24.4 Å². The first kappa shape index (κ1) is 9.11. The first-order chi connectivity index (χ1) is 5.83. The molecule has 1 aromatic heterocycles. The molecule has 0 amide bonds. The van der Waals surface area contributed by atoms with Crippen LogP contribution in [0.15, 0.2) is 28.7 Å². The molecular formula is C11H16O. The summed E-state index contributed by atoms with van der Waals surface area (Å²) in [7, 11) is 0. The van der Waals surface area contributed by atoms with Crippen molar-refractivity contribution in [2.75, 3.05) is 0 Å². The summed E-state index contributed by atoms with van der Waals surface area (Å²) in [6.07, 6.45) is 7.66. The van der Waals surface area contributed by atoms with Gasteiger partial charge in [0.25, 0.3) is 0 Å². The highest BCUT2D eigenvalue weighted by Gasteiger charge is 1.96. The fourth-order valence-electron chi connectivity index (χ4n) is 1.18. The van der Waals surface area contributed by atoms with Gasteiger partial charge in [0.15, 0.2) is 0 Å². The molecule has 0 saturated carbocycles. The summed E-state index contributed by atoms with van der Waals surface area (Å²) in [6, 6.07) is 4.08. The van der Waals surface area contributed by atoms with Gasteiger partial charge in [0.2, 0.25) is 0 Å². The number of rotatable bonds is 4. The van der Waals surface area contributed by atoms with Crippen LogP contribution in [0.5, 0.6) is 0 Å². The van der Waals surface area contributed by atoms with Crippen LogP contribution in [0, 0.1) is 6.92 Å². The number of aryl methyl sites for hydroxylation is 2. The standard InChI is InChI=1S/C11H16O/c1-3-4-5-6-7-11-9-8-10(2)12-11/h3-4,8-9H,5-7H2,1-2H3/b4-3+. The van der Waals surface area contributed by atoms with Gasteiger partial charge in [-0.25, -0.2) is 0 Å². The third-order valence-corrected chi connectivity index (χ3v) is 1.83. The Kier molecular flexibility index (Phi) is 3.65. The summed E-state index contributed by atoms with van der Waals surface area (Å²) >= 11 is 0. The first-order valence-corrected chi connectivity index (χ1v) is 4.49. The van der Waals surface area contributed by atoms with Crippen molar-refractivity contribution in [1.29, 1.82) is 0 Å². The van der Waals surface area contributed by atoms with Gasteiger partial charge in [-0.1, -0.05) is 12.2 Å². The fraction of sp³-hybridized carbons (Fsp3) is 0.455. The fourth-order valence-corrected chi connectivity index (χ4v) is 1.18. The van der Waals surface area contributed by atoms with Crippen molar-refractivity contribution < 1.29 is 4.42 Å². The van der Waals surface area contributed by atoms with Crippen LogP contribution in [0.1, 0.15) is 31.3 Å². The van der Waals surface area contributed by atoms with Gasteiger partial charge in [-0.05, 0) is 38.8 Å². The summed E-state index contributed by atoms with van der Waals surface area (Å²) in [5, 5.41) is 0. The number of hydrogen-bond acceptors (Lipinski definition) is 1. The van der Waals surface area contributed by atoms with Crippen LogP contribution in [0.25, 0.3) is 0 Å². The Morgan fingerprint density at radius 3 is 2.83 bits per heavy atom. The summed E-state index contributed by atoms with van der Waals surface area (Å²) in [5.41, 5.74) is 0. The minimum atomic E-state index is 1.01. The van der Waals surface area contributed by atoms with Crippen LogP contribution in [-0.2, 0) is 6.42 Å². The Morgan fingerprint density at radius 1 is 1.42 bits per heavy atom. The van der Waals surface area contributed by atoms with Crippen LogP contribution >= 0.6 is 0 Å². The second kappa shape index (κ2) is 4.81. The lowest BCUT2D eigenvalue weighted by Crippen LogP contribution is -1.79. The lowest BCUT2D eigenvalue weighted by molar-refractivity contribution is 0.478. The zero-order valence-corrected chi connectivity index (χ0v) is 7.84. The van der Waals surface area contributed by atoms with Crippen molar-refractivity contribution in [3.63, 3.8) is 0 Å². The van der Waals surface area contributed by atoms with Crippen molar-refractivity contribution in [3.05, 3.63) is 35.8 Å². The third-order valence-electron chi connectivity index (χ3n) is 1.83. The first-order valence-electron chi connectivity index (χ1n) is 4.49. The van der Waals surface area contributed by atoms with E-state index in [1.54, 1.807) is 0 Å². The summed E-state index contributed by atoms with van der Waals surface area (Å²) in [5.74, 6) is 2.12. The second-order valence-corrected chi connectivity index (χ2v) is 2.97. The van der Waals surface area contributed by atoms with Gasteiger partial charge in [-0.2, -0.15) is 0 Å². The molecule has 1 rings (SSSR count). The quantitative estimate of drug-likeness (QED) is 0.490. The van der Waals surface area contributed by atoms with Crippen molar-refractivity contribution in [2.24, 2.45) is 0 Å². The van der Waals surface area contributed by atoms with Gasteiger partial charge in [0.05, 0.1) is 0 Å². The monoisotopic (exact) mass is 164 g/mol. The van der Waals surface area contributed by atoms with E-state index in [-0.39, 0.29) is 0 Å². The molecule has 0 aliphatic rings. The van der Waals surface area contributed by atoms with Crippen molar-refractivity contribution in [2.45, 2.75) is 33.1 Å². The van der Waals surface area contributed by atoms with Gasteiger partial charge in [0, 0.05) is 6.42 Å². The van der Waals surface area contributed by atoms with Gasteiger partial charge >= 0.3 is 0 Å². The molecule has 0 fully saturated rings. The molecule has 1 heterocycles. The van der Waals surface area contributed by atoms with E-state index in [9.17, 15) is 0 Å². The molecule has 0 N–H and O–H groups in total. The Morgan fingerprint density at radius 2 is 2.25 bits per heavy atom. The SMILES string of the molecule is C/C=C/CCCc1ccc(C)o1. The van der Waals surface area contributed by atoms with E-state index in [1.165, 1.54) is 6.42 Å². The average molecular weight is 164 g/mol. The maximum absolute atomic E-state index is 5.44. The van der Waals surface area contributed by atoms with Gasteiger partial charge in [0.1, 0.15) is 11.5 Å². The Labute approximate surface area is 74.1 Å². The minimum Gasteiger partial charge on any atom is -0.466 e. The number of allylic oxidation sites excluding steroid dienone is 2. The molecule has 1 aromatic rings. The minimum absolute atomic E-state index is 1.01. The maximum atomic E-state index is 5.44. The van der Waals surface area contributed by atoms with Crippen LogP contribution in [0.3, 0.4) is 0 Å². The van der Waals surface area contributed by atoms with Crippen LogP contribution < -0.4 is 0 Å². The largest absolute Gasteiger partial charge is 0.466 e. The molecule has 66 valence electrons. The van der Waals surface area contributed by atoms with E-state index < -0.39 is 0 Å². The van der Waals surface area contributed by atoms with E-state index in [1.807, 2.05) is 13.0 Å². The summed E-state index contributed by atoms with van der Waals surface area (Å²) < 4.78 is 5.44. The van der Waals surface area contributed by atoms with Gasteiger partial charge in [-0.3, -0.25) is 0 Å². The molecule has 0 spiro atoms. The predicted octanol–water partition coefficient (Wildman–Crippen LogP) is 3.49. The predicted molar refractivity (Wildman–Crippen MR) is 51.2 cm³/mol. The van der Waals surface area contributed by atoms with Crippen molar-refractivity contribution in [1.82, 2.24) is 0 Å². The molecule has 0 aliphatic carbocycles. The third kappa shape index (κ3) is 2.95. The lowest BCUT2D eigenvalue weighted by Gasteiger charge is -1.92. The van der Waals surface area contributed by atoms with E-state index in [0.29, 0.717) is 0 Å². The highest BCUT2D eigenvalue weighted by Crippen LogP contribution is 2.09. The lowest BCUT2D eigenvalue weighted by atomic mass is 10.2. The Balaban J connectivity index is 2.24. The molecule has 0 unspecified atom stereocenters. The summed E-state index contributed by atoms with van der Waals surface area (Å²) in [6.45, 7) is 4.03. The van der Waals surface area contributed by atoms with Crippen molar-refractivity contribution in [3.8, 4) is 0 Å². The smallest absolute Gasteiger partial charge is 0.104 e. The highest BCUT2D eigenvalue weighted by molar-refractivity contribution is 5.05. The molecule has 0 bridgehead atoms. The molecule has 0 atom stereocenters. The molecule has 0 radical (unpaired) electrons. The normalized spacial score (nSPS) is 11.2. The van der Waals surface area contributed by atoms with E-state index >= 15 is 0 Å². The van der Waals surface area contributed by atoms with Crippen LogP contribution in [0.2, 0.25) is 0 Å². The topological polar surface area (TPSA) is 13.1 Å². The molecule has 0 aromatic carbocycles. The summed E-state index contributed by atoms with van der Waals surface area (Å²) in [4.78, 5) is 0. The number of furan rings is 1. The molecule has 1 heteroatoms. The molecule has 1 nitrogen and oxygen atoms in total. The number of hydrogen-bond donors (Lipinski definition) is 0. The van der Waals surface area contributed by atoms with Gasteiger partial charge < -0.3 is 4.42 Å². The zero-order valence-electron chi connectivity index (χ0n) is 7.84. The van der Waals surface area contributed by atoms with E-state index in [2.05, 4.69) is 25.1 Å². The maximum Gasteiger partial charge on any atom is 0.104 e. The van der Waals surface area contributed by atoms with E-state index in [4.69, 9.17) is 4.42 Å².